The van der Waals surface area contributed by atoms with Crippen LogP contribution in [0.2, 0.25) is 5.02 Å². The molecule has 0 radical (unpaired) electrons. The second-order valence-corrected chi connectivity index (χ2v) is 14.5. The summed E-state index contributed by atoms with van der Waals surface area (Å²) in [5, 5.41) is 6.09. The number of hydrogen-bond acceptors (Lipinski definition) is 5. The van der Waals surface area contributed by atoms with Crippen LogP contribution in [0.15, 0.2) is 89.1 Å². The van der Waals surface area contributed by atoms with Crippen LogP contribution in [0.5, 0.6) is 0 Å². The highest BCUT2D eigenvalue weighted by molar-refractivity contribution is 9.10. The Morgan fingerprint density at radius 3 is 2.34 bits per heavy atom. The number of hydrogen-bond donors (Lipinski definition) is 1. The minimum atomic E-state index is -0.349. The maximum atomic E-state index is 14.1. The van der Waals surface area contributed by atoms with Gasteiger partial charge in [0.1, 0.15) is 18.0 Å². The molecule has 3 amide bonds. The summed E-state index contributed by atoms with van der Waals surface area (Å²) in [6, 6.07) is 12.6. The van der Waals surface area contributed by atoms with E-state index in [1.807, 2.05) is 28.8 Å². The van der Waals surface area contributed by atoms with Crippen molar-refractivity contribution in [2.24, 2.45) is 5.92 Å². The summed E-state index contributed by atoms with van der Waals surface area (Å²) in [5.41, 5.74) is 2.00. The zero-order chi connectivity index (χ0) is 35.7. The molecule has 2 saturated heterocycles. The number of benzene rings is 2. The van der Waals surface area contributed by atoms with Crippen LogP contribution >= 0.6 is 43.5 Å². The molecule has 50 heavy (non-hydrogen) atoms. The summed E-state index contributed by atoms with van der Waals surface area (Å²) >= 11 is 13.1. The van der Waals surface area contributed by atoms with E-state index in [9.17, 15) is 23.6 Å². The molecule has 0 spiro atoms. The lowest BCUT2D eigenvalue weighted by atomic mass is 9.94. The molecule has 5 heterocycles. The van der Waals surface area contributed by atoms with Gasteiger partial charge in [0.05, 0.1) is 28.6 Å². The maximum Gasteiger partial charge on any atom is 0.246 e. The number of amides is 3. The molecule has 0 saturated carbocycles. The van der Waals surface area contributed by atoms with Crippen LogP contribution in [0.4, 0.5) is 4.39 Å². The summed E-state index contributed by atoms with van der Waals surface area (Å²) in [4.78, 5) is 55.4. The number of carbonyl (C=O) groups is 4. The number of pyridine rings is 1. The fourth-order valence-electron chi connectivity index (χ4n) is 6.37. The highest BCUT2D eigenvalue weighted by Crippen LogP contribution is 2.34. The Hall–Kier alpha value is -4.33. The molecular formula is C36H32Br2ClFN6O4. The quantitative estimate of drug-likeness (QED) is 0.177. The third-order valence-electron chi connectivity index (χ3n) is 8.77. The van der Waals surface area contributed by atoms with Gasteiger partial charge in [0.15, 0.2) is 5.78 Å². The summed E-state index contributed by atoms with van der Waals surface area (Å²) < 4.78 is 19.2. The van der Waals surface area contributed by atoms with Crippen molar-refractivity contribution >= 4 is 99.8 Å². The van der Waals surface area contributed by atoms with Crippen LogP contribution in [-0.4, -0.2) is 79.6 Å². The van der Waals surface area contributed by atoms with Crippen LogP contribution in [-0.2, 0) is 32.3 Å². The van der Waals surface area contributed by atoms with Crippen molar-refractivity contribution in [3.8, 4) is 0 Å². The summed E-state index contributed by atoms with van der Waals surface area (Å²) in [7, 11) is 0. The van der Waals surface area contributed by atoms with Gasteiger partial charge in [0, 0.05) is 76.0 Å². The van der Waals surface area contributed by atoms with Crippen molar-refractivity contribution in [3.63, 3.8) is 0 Å². The van der Waals surface area contributed by atoms with Gasteiger partial charge in [0.2, 0.25) is 17.7 Å². The smallest absolute Gasteiger partial charge is 0.246 e. The van der Waals surface area contributed by atoms with Gasteiger partial charge < -0.3 is 24.3 Å². The number of nitrogens with one attached hydrogen (secondary N) is 1. The topological polar surface area (TPSA) is 110 Å². The van der Waals surface area contributed by atoms with Gasteiger partial charge in [0.25, 0.3) is 0 Å². The minimum Gasteiger partial charge on any atom is -0.348 e. The van der Waals surface area contributed by atoms with E-state index in [1.54, 1.807) is 38.9 Å². The number of nitrogens with zero attached hydrogens (tertiary/aromatic N) is 5. The summed E-state index contributed by atoms with van der Waals surface area (Å²) in [6.07, 6.45) is 6.33. The lowest BCUT2D eigenvalue weighted by molar-refractivity contribution is -0.134. The van der Waals surface area contributed by atoms with Crippen molar-refractivity contribution in [3.05, 3.63) is 100.0 Å². The SMILES string of the molecule is C=CC(=O)N1CC(CC(=O)Cn2ccc3cc(Br)cc(F)c32)C1.C=CC(=O)N1CC(NC(=O)Cn2c3ccc(Br)cc3c3c(Cl)ccnc32)C1. The Kier molecular flexibility index (Phi) is 10.6. The number of fused-ring (bicyclic) bond motifs is 4. The van der Waals surface area contributed by atoms with E-state index in [1.165, 1.54) is 18.2 Å². The Balaban J connectivity index is 0.000000175. The normalized spacial score (nSPS) is 14.6. The van der Waals surface area contributed by atoms with Crippen LogP contribution in [0.1, 0.15) is 6.42 Å². The molecule has 2 aliphatic heterocycles. The van der Waals surface area contributed by atoms with E-state index in [0.29, 0.717) is 53.3 Å². The average molecular weight is 827 g/mol. The van der Waals surface area contributed by atoms with Crippen LogP contribution in [0.25, 0.3) is 32.8 Å². The minimum absolute atomic E-state index is 0.0415. The Morgan fingerprint density at radius 2 is 1.64 bits per heavy atom. The largest absolute Gasteiger partial charge is 0.348 e. The van der Waals surface area contributed by atoms with Gasteiger partial charge in [-0.1, -0.05) is 56.6 Å². The molecule has 0 atom stereocenters. The molecule has 0 unspecified atom stereocenters. The van der Waals surface area contributed by atoms with Crippen molar-refractivity contribution in [2.45, 2.75) is 25.6 Å². The third kappa shape index (κ3) is 7.40. The Morgan fingerprint density at radius 1 is 0.940 bits per heavy atom. The molecule has 7 rings (SSSR count). The predicted octanol–water partition coefficient (Wildman–Crippen LogP) is 6.26. The van der Waals surface area contributed by atoms with Crippen molar-refractivity contribution in [1.82, 2.24) is 29.2 Å². The Bertz CT molecular complexity index is 2190. The summed E-state index contributed by atoms with van der Waals surface area (Å²) in [6.45, 7) is 9.36. The molecule has 1 N–H and O–H groups in total. The molecule has 5 aromatic rings. The average Bonchev–Trinajstić information content (AvgIpc) is 3.58. The molecule has 14 heteroatoms. The zero-order valence-electron chi connectivity index (χ0n) is 26.8. The van der Waals surface area contributed by atoms with E-state index in [4.69, 9.17) is 11.6 Å². The number of aromatic nitrogens is 3. The highest BCUT2D eigenvalue weighted by Gasteiger charge is 2.32. The molecule has 2 aromatic carbocycles. The van der Waals surface area contributed by atoms with Gasteiger partial charge in [-0.3, -0.25) is 19.2 Å². The van der Waals surface area contributed by atoms with E-state index in [0.717, 1.165) is 26.1 Å². The maximum absolute atomic E-state index is 14.1. The molecular weight excluding hydrogens is 795 g/mol. The fourth-order valence-corrected chi connectivity index (χ4v) is 7.42. The van der Waals surface area contributed by atoms with E-state index < -0.39 is 0 Å². The molecule has 0 aliphatic carbocycles. The predicted molar refractivity (Wildman–Crippen MR) is 198 cm³/mol. The van der Waals surface area contributed by atoms with Gasteiger partial charge in [-0.25, -0.2) is 9.37 Å². The lowest BCUT2D eigenvalue weighted by Crippen LogP contribution is -2.61. The number of Topliss-reactive ketones (excluding diaryl/α,β-unsaturated/α-hetero) is 1. The lowest BCUT2D eigenvalue weighted by Gasteiger charge is -2.38. The van der Waals surface area contributed by atoms with Crippen LogP contribution < -0.4 is 5.32 Å². The van der Waals surface area contributed by atoms with Crippen LogP contribution in [0.3, 0.4) is 0 Å². The number of likely N-dealkylation sites (tertiary alicyclic amines) is 2. The number of carbonyl (C=O) groups excluding carboxylic acids is 4. The number of rotatable bonds is 9. The van der Waals surface area contributed by atoms with Crippen molar-refractivity contribution < 1.29 is 23.6 Å². The van der Waals surface area contributed by atoms with Crippen LogP contribution in [0, 0.1) is 11.7 Å². The molecule has 2 fully saturated rings. The first-order chi connectivity index (χ1) is 23.9. The number of ketones is 1. The van der Waals surface area contributed by atoms with Crippen molar-refractivity contribution in [2.75, 3.05) is 26.2 Å². The highest BCUT2D eigenvalue weighted by atomic mass is 79.9. The van der Waals surface area contributed by atoms with Gasteiger partial charge in [-0.05, 0) is 54.6 Å². The molecule has 2 aliphatic rings. The second-order valence-electron chi connectivity index (χ2n) is 12.3. The molecule has 258 valence electrons. The molecule has 0 bridgehead atoms. The standard InChI is InChI=1S/C19H16BrClN4O2.C17H16BrFN2O2/c1-2-17(27)24-8-12(9-24)23-16(26)10-25-15-4-3-11(20)7-13(15)18-14(21)5-6-22-19(18)25;1-2-16(23)21-8-11(9-21)5-14(22)10-20-4-3-12-6-13(18)7-15(19)17(12)20/h2-7,12H,1,8-10H2,(H,23,26);2-4,6-7,11H,1,5,8-10H2. The van der Waals surface area contributed by atoms with E-state index in [-0.39, 0.29) is 54.4 Å². The summed E-state index contributed by atoms with van der Waals surface area (Å²) in [5.74, 6) is -0.467. The zero-order valence-corrected chi connectivity index (χ0v) is 30.7. The first-order valence-electron chi connectivity index (χ1n) is 15.7. The fraction of sp³-hybridized carbons (Fsp3) is 0.250. The Labute approximate surface area is 308 Å². The monoisotopic (exact) mass is 824 g/mol. The molecule has 3 aromatic heterocycles. The third-order valence-corrected chi connectivity index (χ3v) is 10.0. The number of halogens is 4. The van der Waals surface area contributed by atoms with Gasteiger partial charge in [-0.15, -0.1) is 0 Å². The van der Waals surface area contributed by atoms with Gasteiger partial charge in [-0.2, -0.15) is 0 Å². The van der Waals surface area contributed by atoms with E-state index in [2.05, 4.69) is 55.3 Å². The van der Waals surface area contributed by atoms with Crippen molar-refractivity contribution in [1.29, 1.82) is 0 Å². The molecule has 10 nitrogen and oxygen atoms in total. The van der Waals surface area contributed by atoms with Gasteiger partial charge >= 0.3 is 0 Å². The first kappa shape index (κ1) is 35.5. The van der Waals surface area contributed by atoms with E-state index >= 15 is 0 Å². The second kappa shape index (κ2) is 14.9. The first-order valence-corrected chi connectivity index (χ1v) is 17.7.